The van der Waals surface area contributed by atoms with Gasteiger partial charge in [0.15, 0.2) is 6.61 Å². The summed E-state index contributed by atoms with van der Waals surface area (Å²) in [4.78, 5) is 23.1. The van der Waals surface area contributed by atoms with Crippen molar-refractivity contribution >= 4 is 29.0 Å². The zero-order valence-corrected chi connectivity index (χ0v) is 14.9. The SMILES string of the molecule is CC(CC#N)Sc1ccccc1NC(=O)COc1ccc([N+](=O)[O-])cc1. The van der Waals surface area contributed by atoms with Crippen LogP contribution in [0.3, 0.4) is 0 Å². The lowest BCUT2D eigenvalue weighted by atomic mass is 10.3. The number of non-ortho nitro benzene ring substituents is 1. The number of carbonyl (C=O) groups is 1. The number of benzene rings is 2. The van der Waals surface area contributed by atoms with Crippen LogP contribution >= 0.6 is 11.8 Å². The second-order valence-electron chi connectivity index (χ2n) is 5.37. The Hall–Kier alpha value is -3.05. The molecule has 0 aliphatic carbocycles. The first-order valence-corrected chi connectivity index (χ1v) is 8.67. The number of rotatable bonds is 8. The number of ether oxygens (including phenoxy) is 1. The minimum atomic E-state index is -0.502. The van der Waals surface area contributed by atoms with Crippen molar-refractivity contribution in [1.82, 2.24) is 0 Å². The molecular weight excluding hydrogens is 354 g/mol. The molecule has 0 bridgehead atoms. The molecule has 0 aliphatic heterocycles. The van der Waals surface area contributed by atoms with Crippen molar-refractivity contribution < 1.29 is 14.5 Å². The Bertz CT molecular complexity index is 818. The van der Waals surface area contributed by atoms with E-state index >= 15 is 0 Å². The molecule has 0 aromatic heterocycles. The molecule has 0 fully saturated rings. The maximum Gasteiger partial charge on any atom is 0.269 e. The number of nitrogens with zero attached hydrogens (tertiary/aromatic N) is 2. The number of nitrogens with one attached hydrogen (secondary N) is 1. The molecule has 0 saturated carbocycles. The van der Waals surface area contributed by atoms with Crippen LogP contribution in [0.5, 0.6) is 5.75 Å². The maximum absolute atomic E-state index is 12.1. The number of anilines is 1. The molecule has 1 unspecified atom stereocenters. The summed E-state index contributed by atoms with van der Waals surface area (Å²) in [6.45, 7) is 1.73. The van der Waals surface area contributed by atoms with Crippen molar-refractivity contribution in [2.45, 2.75) is 23.5 Å². The van der Waals surface area contributed by atoms with Gasteiger partial charge in [0.25, 0.3) is 11.6 Å². The van der Waals surface area contributed by atoms with Crippen molar-refractivity contribution in [3.8, 4) is 11.8 Å². The van der Waals surface area contributed by atoms with Gasteiger partial charge < -0.3 is 10.1 Å². The van der Waals surface area contributed by atoms with Crippen LogP contribution < -0.4 is 10.1 Å². The topological polar surface area (TPSA) is 105 Å². The third-order valence-electron chi connectivity index (χ3n) is 3.29. The standard InChI is InChI=1S/C18H17N3O4S/c1-13(10-11-19)26-17-5-3-2-4-16(17)20-18(22)12-25-15-8-6-14(7-9-15)21(23)24/h2-9,13H,10,12H2,1H3,(H,20,22). The maximum atomic E-state index is 12.1. The number of nitriles is 1. The van der Waals surface area contributed by atoms with Crippen LogP contribution in [0.15, 0.2) is 53.4 Å². The second-order valence-corrected chi connectivity index (χ2v) is 6.85. The smallest absolute Gasteiger partial charge is 0.269 e. The fraction of sp³-hybridized carbons (Fsp3) is 0.222. The summed E-state index contributed by atoms with van der Waals surface area (Å²) >= 11 is 1.51. The molecule has 0 spiro atoms. The third-order valence-corrected chi connectivity index (χ3v) is 4.46. The van der Waals surface area contributed by atoms with Crippen LogP contribution in [0, 0.1) is 21.4 Å². The van der Waals surface area contributed by atoms with E-state index < -0.39 is 4.92 Å². The van der Waals surface area contributed by atoms with Gasteiger partial charge in [0, 0.05) is 28.7 Å². The molecule has 0 aliphatic rings. The van der Waals surface area contributed by atoms with E-state index in [0.29, 0.717) is 17.9 Å². The second kappa shape index (κ2) is 9.44. The molecule has 8 heteroatoms. The molecule has 0 radical (unpaired) electrons. The molecule has 26 heavy (non-hydrogen) atoms. The largest absolute Gasteiger partial charge is 0.484 e. The van der Waals surface area contributed by atoms with Crippen LogP contribution in [-0.2, 0) is 4.79 Å². The lowest BCUT2D eigenvalue weighted by Crippen LogP contribution is -2.20. The Morgan fingerprint density at radius 2 is 2.00 bits per heavy atom. The Morgan fingerprint density at radius 3 is 2.65 bits per heavy atom. The van der Waals surface area contributed by atoms with Gasteiger partial charge in [0.05, 0.1) is 16.7 Å². The monoisotopic (exact) mass is 371 g/mol. The van der Waals surface area contributed by atoms with Crippen molar-refractivity contribution in [1.29, 1.82) is 5.26 Å². The van der Waals surface area contributed by atoms with Gasteiger partial charge in [-0.15, -0.1) is 11.8 Å². The highest BCUT2D eigenvalue weighted by Crippen LogP contribution is 2.31. The summed E-state index contributed by atoms with van der Waals surface area (Å²) in [5.74, 6) is 0.0281. The minimum Gasteiger partial charge on any atom is -0.484 e. The molecule has 0 saturated heterocycles. The molecular formula is C18H17N3O4S. The van der Waals surface area contributed by atoms with Gasteiger partial charge in [-0.1, -0.05) is 19.1 Å². The van der Waals surface area contributed by atoms with Gasteiger partial charge in [-0.05, 0) is 24.3 Å². The van der Waals surface area contributed by atoms with E-state index in [1.165, 1.54) is 36.0 Å². The molecule has 2 aromatic carbocycles. The van der Waals surface area contributed by atoms with Gasteiger partial charge in [-0.25, -0.2) is 0 Å². The van der Waals surface area contributed by atoms with E-state index in [1.54, 1.807) is 6.07 Å². The molecule has 2 rings (SSSR count). The van der Waals surface area contributed by atoms with Crippen LogP contribution in [0.4, 0.5) is 11.4 Å². The van der Waals surface area contributed by atoms with E-state index in [4.69, 9.17) is 10.00 Å². The number of para-hydroxylation sites is 1. The van der Waals surface area contributed by atoms with Crippen molar-refractivity contribution in [2.24, 2.45) is 0 Å². The fourth-order valence-electron chi connectivity index (χ4n) is 2.06. The number of nitro groups is 1. The summed E-state index contributed by atoms with van der Waals surface area (Å²) in [7, 11) is 0. The van der Waals surface area contributed by atoms with Gasteiger partial charge in [0.2, 0.25) is 0 Å². The van der Waals surface area contributed by atoms with Crippen LogP contribution in [0.25, 0.3) is 0 Å². The number of hydrogen-bond donors (Lipinski definition) is 1. The first-order valence-electron chi connectivity index (χ1n) is 7.79. The highest BCUT2D eigenvalue weighted by Gasteiger charge is 2.11. The summed E-state index contributed by atoms with van der Waals surface area (Å²) in [5.41, 5.74) is 0.610. The Labute approximate surface area is 155 Å². The number of thioether (sulfide) groups is 1. The van der Waals surface area contributed by atoms with Crippen molar-refractivity contribution in [2.75, 3.05) is 11.9 Å². The lowest BCUT2D eigenvalue weighted by Gasteiger charge is -2.13. The third kappa shape index (κ3) is 5.79. The van der Waals surface area contributed by atoms with Gasteiger partial charge in [0.1, 0.15) is 5.75 Å². The minimum absolute atomic E-state index is 0.0424. The molecule has 0 heterocycles. The lowest BCUT2D eigenvalue weighted by molar-refractivity contribution is -0.384. The first kappa shape index (κ1) is 19.3. The van der Waals surface area contributed by atoms with E-state index in [9.17, 15) is 14.9 Å². The summed E-state index contributed by atoms with van der Waals surface area (Å²) < 4.78 is 5.35. The first-order chi connectivity index (χ1) is 12.5. The predicted octanol–water partition coefficient (Wildman–Crippen LogP) is 4.01. The van der Waals surface area contributed by atoms with E-state index in [2.05, 4.69) is 11.4 Å². The summed E-state index contributed by atoms with van der Waals surface area (Å²) in [5, 5.41) is 22.3. The van der Waals surface area contributed by atoms with Crippen LogP contribution in [0.1, 0.15) is 13.3 Å². The quantitative estimate of drug-likeness (QED) is 0.427. The average molecular weight is 371 g/mol. The van der Waals surface area contributed by atoms with Crippen molar-refractivity contribution in [3.63, 3.8) is 0 Å². The highest BCUT2D eigenvalue weighted by molar-refractivity contribution is 8.00. The fourth-order valence-corrected chi connectivity index (χ4v) is 3.05. The number of nitro benzene ring substituents is 1. The molecule has 2 aromatic rings. The van der Waals surface area contributed by atoms with E-state index in [-0.39, 0.29) is 23.5 Å². The number of hydrogen-bond acceptors (Lipinski definition) is 6. The number of amides is 1. The zero-order valence-electron chi connectivity index (χ0n) is 14.0. The normalized spacial score (nSPS) is 11.2. The van der Waals surface area contributed by atoms with Gasteiger partial charge in [-0.3, -0.25) is 14.9 Å². The van der Waals surface area contributed by atoms with Gasteiger partial charge >= 0.3 is 0 Å². The Balaban J connectivity index is 1.93. The average Bonchev–Trinajstić information content (AvgIpc) is 2.62. The van der Waals surface area contributed by atoms with Gasteiger partial charge in [-0.2, -0.15) is 5.26 Å². The Kier molecular flexibility index (Phi) is 7.00. The molecule has 134 valence electrons. The van der Waals surface area contributed by atoms with E-state index in [0.717, 1.165) is 4.90 Å². The molecule has 7 nitrogen and oxygen atoms in total. The Morgan fingerprint density at radius 1 is 1.31 bits per heavy atom. The highest BCUT2D eigenvalue weighted by atomic mass is 32.2. The molecule has 1 atom stereocenters. The summed E-state index contributed by atoms with van der Waals surface area (Å²) in [6.07, 6.45) is 0.413. The van der Waals surface area contributed by atoms with Crippen LogP contribution in [0.2, 0.25) is 0 Å². The molecule has 1 N–H and O–H groups in total. The van der Waals surface area contributed by atoms with Crippen LogP contribution in [-0.4, -0.2) is 22.7 Å². The zero-order chi connectivity index (χ0) is 18.9. The predicted molar refractivity (Wildman–Crippen MR) is 99.2 cm³/mol. The van der Waals surface area contributed by atoms with E-state index in [1.807, 2.05) is 25.1 Å². The van der Waals surface area contributed by atoms with Crippen molar-refractivity contribution in [3.05, 3.63) is 58.6 Å². The molecule has 1 amide bonds. The number of carbonyl (C=O) groups excluding carboxylic acids is 1. The summed E-state index contributed by atoms with van der Waals surface area (Å²) in [6, 6.07) is 15.0.